The maximum absolute atomic E-state index is 15.1. The van der Waals surface area contributed by atoms with Gasteiger partial charge in [-0.2, -0.15) is 4.39 Å². The highest BCUT2D eigenvalue weighted by Crippen LogP contribution is 2.41. The topological polar surface area (TPSA) is 54.6 Å². The Morgan fingerprint density at radius 1 is 0.643 bits per heavy atom. The highest BCUT2D eigenvalue weighted by Gasteiger charge is 2.24. The molecule has 0 saturated carbocycles. The zero-order chi connectivity index (χ0) is 29.1. The third-order valence-electron chi connectivity index (χ3n) is 6.55. The van der Waals surface area contributed by atoms with Gasteiger partial charge in [0.05, 0.1) is 17.4 Å². The number of rotatable bonds is 8. The molecule has 42 heavy (non-hydrogen) atoms. The molecule has 0 bridgehead atoms. The predicted octanol–water partition coefficient (Wildman–Crippen LogP) is 9.18. The first kappa shape index (κ1) is 26.6. The van der Waals surface area contributed by atoms with E-state index in [1.165, 1.54) is 12.5 Å². The van der Waals surface area contributed by atoms with Gasteiger partial charge in [0.1, 0.15) is 17.8 Å². The lowest BCUT2D eigenvalue weighted by atomic mass is 10.1. The van der Waals surface area contributed by atoms with Crippen molar-refractivity contribution in [3.05, 3.63) is 139 Å². The van der Waals surface area contributed by atoms with E-state index in [4.69, 9.17) is 9.15 Å². The second-order valence-corrected chi connectivity index (χ2v) is 9.24. The van der Waals surface area contributed by atoms with Crippen LogP contribution in [0.25, 0.3) is 11.5 Å². The molecule has 0 N–H and O–H groups in total. The number of benzene rings is 4. The maximum Gasteiger partial charge on any atom is 0.229 e. The van der Waals surface area contributed by atoms with Crippen molar-refractivity contribution >= 4 is 28.6 Å². The lowest BCUT2D eigenvalue weighted by molar-refractivity contribution is 0.394. The molecule has 0 aliphatic rings. The molecule has 6 nitrogen and oxygen atoms in total. The first-order valence-corrected chi connectivity index (χ1v) is 12.9. The normalized spacial score (nSPS) is 10.9. The zero-order valence-corrected chi connectivity index (χ0v) is 22.3. The van der Waals surface area contributed by atoms with Gasteiger partial charge in [-0.05, 0) is 48.5 Å². The molecule has 6 aromatic rings. The Morgan fingerprint density at radius 2 is 1.31 bits per heavy atom. The van der Waals surface area contributed by atoms with E-state index >= 15 is 4.39 Å². The van der Waals surface area contributed by atoms with Crippen LogP contribution in [0.15, 0.2) is 126 Å². The molecule has 0 unspecified atom stereocenters. The molecular weight excluding hydrogens is 541 g/mol. The average molecular weight is 565 g/mol. The number of hydrogen-bond donors (Lipinski definition) is 0. The molecule has 0 aliphatic carbocycles. The molecule has 0 spiro atoms. The summed E-state index contributed by atoms with van der Waals surface area (Å²) in [4.78, 5) is 12.1. The Morgan fingerprint density at radius 3 is 1.93 bits per heavy atom. The van der Waals surface area contributed by atoms with E-state index in [1.54, 1.807) is 18.3 Å². The van der Waals surface area contributed by atoms with Crippen molar-refractivity contribution in [3.8, 4) is 23.0 Å². The summed E-state index contributed by atoms with van der Waals surface area (Å²) in [5, 5.41) is 0. The number of para-hydroxylation sites is 2. The number of anilines is 5. The average Bonchev–Trinajstić information content (AvgIpc) is 3.57. The van der Waals surface area contributed by atoms with E-state index in [2.05, 4.69) is 9.97 Å². The van der Waals surface area contributed by atoms with Gasteiger partial charge in [0.15, 0.2) is 17.4 Å². The summed E-state index contributed by atoms with van der Waals surface area (Å²) < 4.78 is 55.5. The quantitative estimate of drug-likeness (QED) is 0.172. The molecule has 0 fully saturated rings. The molecule has 0 amide bonds. The minimum absolute atomic E-state index is 0.172. The Labute approximate surface area is 239 Å². The Hall–Kier alpha value is -5.57. The molecule has 2 aromatic heterocycles. The van der Waals surface area contributed by atoms with Crippen LogP contribution in [0, 0.1) is 17.5 Å². The molecule has 9 heteroatoms. The number of pyridine rings is 1. The van der Waals surface area contributed by atoms with Gasteiger partial charge < -0.3 is 19.0 Å². The minimum Gasteiger partial charge on any atom is -0.454 e. The van der Waals surface area contributed by atoms with Gasteiger partial charge in [0, 0.05) is 42.4 Å². The minimum atomic E-state index is -1.70. The summed E-state index contributed by atoms with van der Waals surface area (Å²) in [6, 6.07) is 31.2. The summed E-state index contributed by atoms with van der Waals surface area (Å²) in [5.74, 6) is -4.52. The van der Waals surface area contributed by atoms with Crippen LogP contribution in [0.4, 0.5) is 41.7 Å². The van der Waals surface area contributed by atoms with Crippen LogP contribution in [0.5, 0.6) is 11.5 Å². The van der Waals surface area contributed by atoms with Gasteiger partial charge >= 0.3 is 0 Å². The van der Waals surface area contributed by atoms with Crippen molar-refractivity contribution in [1.29, 1.82) is 0 Å². The molecule has 2 heterocycles. The van der Waals surface area contributed by atoms with Crippen LogP contribution in [0.3, 0.4) is 0 Å². The third kappa shape index (κ3) is 5.27. The molecule has 0 atom stereocenters. The highest BCUT2D eigenvalue weighted by molar-refractivity contribution is 5.80. The van der Waals surface area contributed by atoms with Gasteiger partial charge in [0.2, 0.25) is 11.7 Å². The molecule has 6 rings (SSSR count). The van der Waals surface area contributed by atoms with Crippen LogP contribution >= 0.6 is 0 Å². The van der Waals surface area contributed by atoms with Gasteiger partial charge in [-0.25, -0.2) is 18.7 Å². The van der Waals surface area contributed by atoms with Crippen LogP contribution in [0.2, 0.25) is 0 Å². The van der Waals surface area contributed by atoms with Gasteiger partial charge in [-0.3, -0.25) is 0 Å². The SMILES string of the molecule is CN(c1cc(Oc2cc(-c3ncco3)c(F)c(F)c2F)cc(N(c2ccccc2)c2ccccc2)c1)c1ccccn1. The molecular formula is C33H23F3N4O2. The monoisotopic (exact) mass is 564 g/mol. The van der Waals surface area contributed by atoms with Crippen LogP contribution in [0.1, 0.15) is 0 Å². The number of oxazole rings is 1. The van der Waals surface area contributed by atoms with Gasteiger partial charge in [-0.1, -0.05) is 42.5 Å². The number of hydrogen-bond acceptors (Lipinski definition) is 6. The fourth-order valence-corrected chi connectivity index (χ4v) is 4.53. The van der Waals surface area contributed by atoms with Crippen LogP contribution in [-0.2, 0) is 0 Å². The largest absolute Gasteiger partial charge is 0.454 e. The van der Waals surface area contributed by atoms with E-state index in [0.29, 0.717) is 17.2 Å². The number of ether oxygens (including phenoxy) is 1. The third-order valence-corrected chi connectivity index (χ3v) is 6.55. The summed E-state index contributed by atoms with van der Waals surface area (Å²) >= 11 is 0. The molecule has 208 valence electrons. The van der Waals surface area contributed by atoms with Crippen molar-refractivity contribution in [1.82, 2.24) is 9.97 Å². The molecule has 0 saturated heterocycles. The Kier molecular flexibility index (Phi) is 7.30. The smallest absolute Gasteiger partial charge is 0.229 e. The highest BCUT2D eigenvalue weighted by atomic mass is 19.2. The second-order valence-electron chi connectivity index (χ2n) is 9.24. The molecule has 0 radical (unpaired) electrons. The lowest BCUT2D eigenvalue weighted by Crippen LogP contribution is -2.14. The van der Waals surface area contributed by atoms with Crippen molar-refractivity contribution in [2.24, 2.45) is 0 Å². The first-order valence-electron chi connectivity index (χ1n) is 12.9. The van der Waals surface area contributed by atoms with Crippen LogP contribution in [-0.4, -0.2) is 17.0 Å². The molecule has 0 aliphatic heterocycles. The van der Waals surface area contributed by atoms with E-state index in [-0.39, 0.29) is 17.2 Å². The Bertz CT molecular complexity index is 1760. The van der Waals surface area contributed by atoms with Crippen LogP contribution < -0.4 is 14.5 Å². The lowest BCUT2D eigenvalue weighted by Gasteiger charge is -2.28. The summed E-state index contributed by atoms with van der Waals surface area (Å²) in [5.41, 5.74) is 2.66. The van der Waals surface area contributed by atoms with E-state index in [1.807, 2.05) is 102 Å². The molecule has 4 aromatic carbocycles. The van der Waals surface area contributed by atoms with E-state index in [0.717, 1.165) is 17.4 Å². The van der Waals surface area contributed by atoms with E-state index in [9.17, 15) is 8.78 Å². The standard InChI is InChI=1S/C33H23F3N4O2/c1-39(29-14-8-9-15-37-29)24-18-25(40(22-10-4-2-5-11-22)23-12-6-3-7-13-23)20-26(19-24)42-28-21-27(33-38-16-17-41-33)30(34)32(36)31(28)35/h2-21H,1H3. The predicted molar refractivity (Wildman–Crippen MR) is 155 cm³/mol. The number of halogens is 3. The maximum atomic E-state index is 15.1. The van der Waals surface area contributed by atoms with Crippen molar-refractivity contribution < 1.29 is 22.3 Å². The Balaban J connectivity index is 1.51. The zero-order valence-electron chi connectivity index (χ0n) is 22.3. The van der Waals surface area contributed by atoms with E-state index < -0.39 is 23.2 Å². The number of aromatic nitrogens is 2. The summed E-state index contributed by atoms with van der Waals surface area (Å²) in [6.07, 6.45) is 4.16. The fourth-order valence-electron chi connectivity index (χ4n) is 4.53. The summed E-state index contributed by atoms with van der Waals surface area (Å²) in [6.45, 7) is 0. The fraction of sp³-hybridized carbons (Fsp3) is 0.0303. The van der Waals surface area contributed by atoms with Crippen molar-refractivity contribution in [3.63, 3.8) is 0 Å². The van der Waals surface area contributed by atoms with Gasteiger partial charge in [-0.15, -0.1) is 0 Å². The summed E-state index contributed by atoms with van der Waals surface area (Å²) in [7, 11) is 1.83. The van der Waals surface area contributed by atoms with Gasteiger partial charge in [0.25, 0.3) is 0 Å². The van der Waals surface area contributed by atoms with Crippen molar-refractivity contribution in [2.45, 2.75) is 0 Å². The number of nitrogens with zero attached hydrogens (tertiary/aromatic N) is 4. The second kappa shape index (κ2) is 11.5. The van der Waals surface area contributed by atoms with Crippen molar-refractivity contribution in [2.75, 3.05) is 16.8 Å². The first-order chi connectivity index (χ1) is 20.5.